The van der Waals surface area contributed by atoms with Gasteiger partial charge in [-0.3, -0.25) is 14.6 Å². The number of morpholine rings is 1. The van der Waals surface area contributed by atoms with E-state index in [9.17, 15) is 0 Å². The monoisotopic (exact) mass is 342 g/mol. The summed E-state index contributed by atoms with van der Waals surface area (Å²) in [5, 5.41) is 4.28. The number of hydrogen-bond donors (Lipinski definition) is 0. The molecule has 1 aliphatic carbocycles. The molecule has 0 radical (unpaired) electrons. The normalized spacial score (nSPS) is 27.0. The highest BCUT2D eigenvalue weighted by atomic mass is 16.5. The van der Waals surface area contributed by atoms with Crippen LogP contribution in [0.2, 0.25) is 0 Å². The fourth-order valence-electron chi connectivity index (χ4n) is 4.21. The van der Waals surface area contributed by atoms with Gasteiger partial charge in [-0.1, -0.05) is 0 Å². The first-order valence-corrected chi connectivity index (χ1v) is 9.10. The van der Waals surface area contributed by atoms with Gasteiger partial charge in [0.2, 0.25) is 0 Å². The lowest BCUT2D eigenvalue weighted by atomic mass is 9.89. The SMILES string of the molecule is Cn1cc(CN2CCO[C@]3(CCC[C@H]3COc3cccnc3)C2)cn1. The maximum Gasteiger partial charge on any atom is 0.137 e. The topological polar surface area (TPSA) is 52.4 Å². The van der Waals surface area contributed by atoms with E-state index in [0.29, 0.717) is 12.5 Å². The predicted octanol–water partition coefficient (Wildman–Crippen LogP) is 2.27. The second kappa shape index (κ2) is 7.14. The highest BCUT2D eigenvalue weighted by Gasteiger charge is 2.47. The molecule has 2 aromatic heterocycles. The Morgan fingerprint density at radius 2 is 2.36 bits per heavy atom. The number of ether oxygens (including phenoxy) is 2. The van der Waals surface area contributed by atoms with E-state index in [4.69, 9.17) is 9.47 Å². The fourth-order valence-corrected chi connectivity index (χ4v) is 4.21. The van der Waals surface area contributed by atoms with E-state index in [1.54, 1.807) is 12.4 Å². The van der Waals surface area contributed by atoms with Gasteiger partial charge in [0.15, 0.2) is 0 Å². The van der Waals surface area contributed by atoms with Crippen molar-refractivity contribution < 1.29 is 9.47 Å². The summed E-state index contributed by atoms with van der Waals surface area (Å²) in [5.41, 5.74) is 1.20. The molecule has 1 saturated heterocycles. The summed E-state index contributed by atoms with van der Waals surface area (Å²) in [6.45, 7) is 4.39. The number of nitrogens with zero attached hydrogens (tertiary/aromatic N) is 4. The molecule has 0 amide bonds. The van der Waals surface area contributed by atoms with E-state index in [1.165, 1.54) is 18.4 Å². The first-order valence-electron chi connectivity index (χ1n) is 9.10. The van der Waals surface area contributed by atoms with Crippen LogP contribution in [0.15, 0.2) is 36.9 Å². The van der Waals surface area contributed by atoms with Crippen LogP contribution in [0.3, 0.4) is 0 Å². The van der Waals surface area contributed by atoms with E-state index >= 15 is 0 Å². The van der Waals surface area contributed by atoms with Gasteiger partial charge in [-0.05, 0) is 31.4 Å². The van der Waals surface area contributed by atoms with Crippen molar-refractivity contribution in [2.24, 2.45) is 13.0 Å². The number of aryl methyl sites for hydroxylation is 1. The smallest absolute Gasteiger partial charge is 0.137 e. The molecular formula is C19H26N4O2. The Bertz CT molecular complexity index is 690. The van der Waals surface area contributed by atoms with Crippen molar-refractivity contribution in [1.29, 1.82) is 0 Å². The average Bonchev–Trinajstić information content (AvgIpc) is 3.20. The molecule has 2 aromatic rings. The van der Waals surface area contributed by atoms with E-state index < -0.39 is 0 Å². The second-order valence-electron chi connectivity index (χ2n) is 7.24. The molecule has 134 valence electrons. The molecule has 1 aliphatic heterocycles. The molecule has 2 aliphatic rings. The van der Waals surface area contributed by atoms with E-state index in [1.807, 2.05) is 30.1 Å². The summed E-state index contributed by atoms with van der Waals surface area (Å²) in [7, 11) is 1.97. The molecule has 2 atom stereocenters. The molecule has 3 heterocycles. The third kappa shape index (κ3) is 3.70. The van der Waals surface area contributed by atoms with Gasteiger partial charge in [0.05, 0.1) is 31.2 Å². The van der Waals surface area contributed by atoms with Gasteiger partial charge in [-0.15, -0.1) is 0 Å². The number of hydrogen-bond acceptors (Lipinski definition) is 5. The molecule has 0 N–H and O–H groups in total. The minimum atomic E-state index is -0.0668. The van der Waals surface area contributed by atoms with Crippen LogP contribution in [0.1, 0.15) is 24.8 Å². The lowest BCUT2D eigenvalue weighted by Crippen LogP contribution is -2.54. The minimum Gasteiger partial charge on any atom is -0.492 e. The third-order valence-corrected chi connectivity index (χ3v) is 5.43. The summed E-state index contributed by atoms with van der Waals surface area (Å²) in [6.07, 6.45) is 11.1. The van der Waals surface area contributed by atoms with Gasteiger partial charge in [0.1, 0.15) is 5.75 Å². The van der Waals surface area contributed by atoms with Crippen LogP contribution in [0.25, 0.3) is 0 Å². The number of rotatable bonds is 5. The van der Waals surface area contributed by atoms with E-state index in [2.05, 4.69) is 21.2 Å². The Hall–Kier alpha value is -1.92. The first kappa shape index (κ1) is 16.5. The zero-order chi connectivity index (χ0) is 17.1. The molecule has 6 nitrogen and oxygen atoms in total. The Labute approximate surface area is 148 Å². The van der Waals surface area contributed by atoms with Crippen molar-refractivity contribution in [1.82, 2.24) is 19.7 Å². The van der Waals surface area contributed by atoms with Crippen LogP contribution in [0.4, 0.5) is 0 Å². The van der Waals surface area contributed by atoms with Gasteiger partial charge < -0.3 is 9.47 Å². The maximum absolute atomic E-state index is 6.34. The lowest BCUT2D eigenvalue weighted by molar-refractivity contribution is -0.137. The summed E-state index contributed by atoms with van der Waals surface area (Å²) in [6, 6.07) is 3.87. The fraction of sp³-hybridized carbons (Fsp3) is 0.579. The Morgan fingerprint density at radius 3 is 3.16 bits per heavy atom. The molecule has 25 heavy (non-hydrogen) atoms. The molecular weight excluding hydrogens is 316 g/mol. The van der Waals surface area contributed by atoms with Crippen LogP contribution in [0.5, 0.6) is 5.75 Å². The summed E-state index contributed by atoms with van der Waals surface area (Å²) in [5.74, 6) is 1.27. The van der Waals surface area contributed by atoms with Gasteiger partial charge in [0, 0.05) is 50.6 Å². The van der Waals surface area contributed by atoms with E-state index in [0.717, 1.165) is 38.4 Å². The minimum absolute atomic E-state index is 0.0668. The zero-order valence-corrected chi connectivity index (χ0v) is 14.8. The van der Waals surface area contributed by atoms with Gasteiger partial charge >= 0.3 is 0 Å². The molecule has 6 heteroatoms. The Balaban J connectivity index is 1.40. The molecule has 2 fully saturated rings. The first-order chi connectivity index (χ1) is 12.2. The number of aromatic nitrogens is 3. The molecule has 4 rings (SSSR count). The van der Waals surface area contributed by atoms with E-state index in [-0.39, 0.29) is 5.60 Å². The van der Waals surface area contributed by atoms with Crippen LogP contribution >= 0.6 is 0 Å². The van der Waals surface area contributed by atoms with Crippen LogP contribution in [-0.2, 0) is 18.3 Å². The molecule has 0 bridgehead atoms. The highest BCUT2D eigenvalue weighted by Crippen LogP contribution is 2.41. The molecule has 0 aromatic carbocycles. The van der Waals surface area contributed by atoms with Gasteiger partial charge in [0.25, 0.3) is 0 Å². The van der Waals surface area contributed by atoms with Crippen LogP contribution in [0, 0.1) is 5.92 Å². The summed E-state index contributed by atoms with van der Waals surface area (Å²) < 4.78 is 14.2. The van der Waals surface area contributed by atoms with Crippen molar-refractivity contribution >= 4 is 0 Å². The molecule has 1 saturated carbocycles. The van der Waals surface area contributed by atoms with Crippen molar-refractivity contribution in [3.8, 4) is 5.75 Å². The summed E-state index contributed by atoms with van der Waals surface area (Å²) >= 11 is 0. The second-order valence-corrected chi connectivity index (χ2v) is 7.24. The average molecular weight is 342 g/mol. The van der Waals surface area contributed by atoms with Crippen molar-refractivity contribution in [3.05, 3.63) is 42.5 Å². The van der Waals surface area contributed by atoms with Crippen LogP contribution < -0.4 is 4.74 Å². The standard InChI is InChI=1S/C19H26N4O2/c1-22-12-16(10-21-22)13-23-8-9-25-19(15-23)6-2-4-17(19)14-24-18-5-3-7-20-11-18/h3,5,7,10-12,17H,2,4,6,8-9,13-15H2,1H3/t17-,19+/m0/s1. The van der Waals surface area contributed by atoms with Crippen molar-refractivity contribution in [2.75, 3.05) is 26.3 Å². The summed E-state index contributed by atoms with van der Waals surface area (Å²) in [4.78, 5) is 6.63. The highest BCUT2D eigenvalue weighted by molar-refractivity contribution is 5.15. The number of pyridine rings is 1. The zero-order valence-electron chi connectivity index (χ0n) is 14.8. The maximum atomic E-state index is 6.34. The molecule has 0 unspecified atom stereocenters. The lowest BCUT2D eigenvalue weighted by Gasteiger charge is -2.44. The predicted molar refractivity (Wildman–Crippen MR) is 94.2 cm³/mol. The van der Waals surface area contributed by atoms with Crippen LogP contribution in [-0.4, -0.2) is 51.6 Å². The van der Waals surface area contributed by atoms with Gasteiger partial charge in [-0.2, -0.15) is 5.10 Å². The Kier molecular flexibility index (Phi) is 4.72. The largest absolute Gasteiger partial charge is 0.492 e. The quantitative estimate of drug-likeness (QED) is 0.834. The van der Waals surface area contributed by atoms with Crippen molar-refractivity contribution in [3.63, 3.8) is 0 Å². The molecule has 1 spiro atoms. The third-order valence-electron chi connectivity index (χ3n) is 5.43. The van der Waals surface area contributed by atoms with Gasteiger partial charge in [-0.25, -0.2) is 0 Å². The van der Waals surface area contributed by atoms with Crippen molar-refractivity contribution in [2.45, 2.75) is 31.4 Å². The Morgan fingerprint density at radius 1 is 1.40 bits per heavy atom.